The first-order chi connectivity index (χ1) is 30.7. The molecule has 14 nitrogen and oxygen atoms in total. The molecule has 6 atom stereocenters. The summed E-state index contributed by atoms with van der Waals surface area (Å²) in [4.78, 5) is 77.1. The van der Waals surface area contributed by atoms with Crippen LogP contribution in [0.4, 0.5) is 0 Å². The third-order valence-corrected chi connectivity index (χ3v) is 13.9. The van der Waals surface area contributed by atoms with Gasteiger partial charge in [0.15, 0.2) is 0 Å². The molecule has 4 aliphatic rings. The van der Waals surface area contributed by atoms with Gasteiger partial charge < -0.3 is 29.2 Å². The number of carbonyl (C=O) groups excluding carboxylic acids is 5. The fraction of sp³-hybridized carbons (Fsp3) is 0.480. The van der Waals surface area contributed by atoms with Crippen molar-refractivity contribution in [1.82, 2.24) is 35.1 Å². The van der Waals surface area contributed by atoms with Crippen LogP contribution in [0.1, 0.15) is 82.6 Å². The molecule has 338 valence electrons. The van der Waals surface area contributed by atoms with E-state index in [1.807, 2.05) is 38.2 Å². The molecule has 64 heavy (non-hydrogen) atoms. The predicted molar refractivity (Wildman–Crippen MR) is 243 cm³/mol. The van der Waals surface area contributed by atoms with Crippen LogP contribution in [-0.4, -0.2) is 112 Å². The highest BCUT2D eigenvalue weighted by molar-refractivity contribution is 5.97. The normalized spacial score (nSPS) is 23.5. The lowest BCUT2D eigenvalue weighted by atomic mass is 9.66. The number of hydrogen-bond donors (Lipinski definition) is 2. The molecule has 2 N–H and O–H groups in total. The molecule has 0 spiro atoms. The van der Waals surface area contributed by atoms with E-state index in [1.165, 1.54) is 16.0 Å². The summed E-state index contributed by atoms with van der Waals surface area (Å²) in [7, 11) is 3.34. The lowest BCUT2D eigenvalue weighted by molar-refractivity contribution is -0.156. The molecular weight excluding hydrogens is 811 g/mol. The van der Waals surface area contributed by atoms with Crippen LogP contribution < -0.4 is 10.7 Å². The molecule has 14 heteroatoms. The molecule has 4 aromatic rings. The summed E-state index contributed by atoms with van der Waals surface area (Å²) in [5.41, 5.74) is 10.6. The van der Waals surface area contributed by atoms with Crippen molar-refractivity contribution in [1.29, 1.82) is 0 Å². The Morgan fingerprint density at radius 3 is 2.61 bits per heavy atom. The maximum atomic E-state index is 14.7. The number of nitrogens with one attached hydrogen (secondary N) is 2. The number of esters is 1. The minimum Gasteiger partial charge on any atom is -0.464 e. The Bertz CT molecular complexity index is 2490. The molecule has 2 aromatic carbocycles. The van der Waals surface area contributed by atoms with Gasteiger partial charge in [0.25, 0.3) is 5.91 Å². The number of carbonyl (C=O) groups is 5. The summed E-state index contributed by atoms with van der Waals surface area (Å²) in [6.07, 6.45) is 6.24. The zero-order valence-electron chi connectivity index (χ0n) is 38.1. The molecule has 2 saturated heterocycles. The van der Waals surface area contributed by atoms with Crippen molar-refractivity contribution in [3.63, 3.8) is 0 Å². The number of benzene rings is 2. The lowest BCUT2D eigenvalue weighted by Gasteiger charge is -2.43. The number of fused-ring (bicyclic) bond motifs is 8. The minimum atomic E-state index is -1.05. The molecular formula is C50H61N7O7. The molecule has 2 fully saturated rings. The molecule has 1 unspecified atom stereocenters. The average Bonchev–Trinajstić information content (AvgIpc) is 3.92. The summed E-state index contributed by atoms with van der Waals surface area (Å²) >= 11 is 0. The van der Waals surface area contributed by atoms with Gasteiger partial charge in [-0.3, -0.25) is 34.0 Å². The van der Waals surface area contributed by atoms with E-state index >= 15 is 0 Å². The van der Waals surface area contributed by atoms with Crippen molar-refractivity contribution in [2.45, 2.75) is 97.0 Å². The predicted octanol–water partition coefficient (Wildman–Crippen LogP) is 5.80. The number of cyclic esters (lactones) is 1. The monoisotopic (exact) mass is 871 g/mol. The molecule has 5 heterocycles. The molecule has 6 bridgehead atoms. The van der Waals surface area contributed by atoms with Crippen LogP contribution >= 0.6 is 0 Å². The van der Waals surface area contributed by atoms with Crippen molar-refractivity contribution in [2.75, 3.05) is 40.4 Å². The van der Waals surface area contributed by atoms with Gasteiger partial charge in [0.1, 0.15) is 18.1 Å². The van der Waals surface area contributed by atoms with E-state index in [-0.39, 0.29) is 49.3 Å². The first kappa shape index (κ1) is 44.7. The van der Waals surface area contributed by atoms with E-state index in [9.17, 15) is 24.0 Å². The van der Waals surface area contributed by atoms with Crippen LogP contribution in [0.2, 0.25) is 0 Å². The molecule has 4 amide bonds. The van der Waals surface area contributed by atoms with Crippen LogP contribution in [0, 0.1) is 17.3 Å². The zero-order chi connectivity index (χ0) is 45.6. The first-order valence-corrected chi connectivity index (χ1v) is 22.6. The smallest absolute Gasteiger partial charge is 0.324 e. The Hall–Kier alpha value is -5.86. The number of hydrazine groups is 1. The zero-order valence-corrected chi connectivity index (χ0v) is 38.1. The highest BCUT2D eigenvalue weighted by Gasteiger charge is 2.47. The highest BCUT2D eigenvalue weighted by atomic mass is 16.5. The summed E-state index contributed by atoms with van der Waals surface area (Å²) in [6, 6.07) is 13.8. The van der Waals surface area contributed by atoms with Crippen molar-refractivity contribution in [3.05, 3.63) is 90.3 Å². The number of aryl methyl sites for hydroxylation is 1. The third kappa shape index (κ3) is 8.10. The quantitative estimate of drug-likeness (QED) is 0.165. The summed E-state index contributed by atoms with van der Waals surface area (Å²) < 4.78 is 15.0. The Balaban J connectivity index is 1.19. The summed E-state index contributed by atoms with van der Waals surface area (Å²) in [6.45, 7) is 15.5. The van der Waals surface area contributed by atoms with Gasteiger partial charge in [-0.05, 0) is 84.2 Å². The van der Waals surface area contributed by atoms with E-state index in [4.69, 9.17) is 9.47 Å². The standard InChI is InChI=1S/C50H61N7O7/c1-9-40(58)55-22-19-33(27-55)47(60)54(7)43(29(3)4)46(59)52-38-24-30-13-11-14-31(23-30)32-16-17-39-35(25-32)41-42(45(63-8)34-18-20-51-26-36(34)44(41)56(39)10-2)50(5,6)28-64-49(62)37-15-12-21-57(53-37)48(38)61/h9,11,13-14,16-18,20,23,25-26,29,33,37-38,42-43,45,53H,1,10,12,15,19,21-22,24,27-28H2,2-8H3,(H,52,59)/t33-,37-,38-,42?,43-,45+/m0/s1. The second-order valence-corrected chi connectivity index (χ2v) is 18.8. The Labute approximate surface area is 375 Å². The Morgan fingerprint density at radius 1 is 1.09 bits per heavy atom. The number of likely N-dealkylation sites (N-methyl/N-ethyl adjacent to an activating group) is 1. The molecule has 0 radical (unpaired) electrons. The number of pyridine rings is 1. The van der Waals surface area contributed by atoms with Gasteiger partial charge in [0.2, 0.25) is 17.7 Å². The van der Waals surface area contributed by atoms with Gasteiger partial charge >= 0.3 is 5.97 Å². The van der Waals surface area contributed by atoms with Crippen LogP contribution in [0.5, 0.6) is 0 Å². The van der Waals surface area contributed by atoms with Crippen LogP contribution in [0.3, 0.4) is 0 Å². The number of rotatable bonds is 8. The second kappa shape index (κ2) is 18.0. The van der Waals surface area contributed by atoms with Gasteiger partial charge in [-0.2, -0.15) is 0 Å². The number of nitrogens with zero attached hydrogens (tertiary/aromatic N) is 5. The van der Waals surface area contributed by atoms with E-state index < -0.39 is 47.2 Å². The van der Waals surface area contributed by atoms with E-state index in [1.54, 1.807) is 25.3 Å². The fourth-order valence-electron chi connectivity index (χ4n) is 10.7. The van der Waals surface area contributed by atoms with Crippen LogP contribution in [-0.2, 0) is 46.4 Å². The van der Waals surface area contributed by atoms with Gasteiger partial charge in [-0.25, -0.2) is 5.43 Å². The van der Waals surface area contributed by atoms with E-state index in [0.29, 0.717) is 32.4 Å². The van der Waals surface area contributed by atoms with Crippen molar-refractivity contribution in [2.24, 2.45) is 17.3 Å². The van der Waals surface area contributed by atoms with E-state index in [0.717, 1.165) is 56.5 Å². The fourth-order valence-corrected chi connectivity index (χ4v) is 10.7. The SMILES string of the molecule is C=CC(=O)N1CC[C@H](C(=O)N(C)[C@H](C(=O)N[C@H]2Cc3cccc(c3)-c3ccc4c(c3)c3c(n4CC)-c4cnccc4[C@@H](OC)C3C(C)(C)COC(=O)[C@@H]3CCCN(N3)C2=O)C(C)C)C1. The molecule has 8 rings (SSSR count). The average molecular weight is 872 g/mol. The van der Waals surface area contributed by atoms with Crippen molar-refractivity contribution in [3.8, 4) is 22.4 Å². The highest BCUT2D eigenvalue weighted by Crippen LogP contribution is 2.57. The number of likely N-dealkylation sites (tertiary alicyclic amines) is 1. The minimum absolute atomic E-state index is 0.0911. The van der Waals surface area contributed by atoms with Gasteiger partial charge in [-0.15, -0.1) is 0 Å². The number of aromatic nitrogens is 2. The molecule has 3 aliphatic heterocycles. The van der Waals surface area contributed by atoms with Crippen LogP contribution in [0.25, 0.3) is 33.3 Å². The van der Waals surface area contributed by atoms with E-state index in [2.05, 4.69) is 78.0 Å². The largest absolute Gasteiger partial charge is 0.464 e. The van der Waals surface area contributed by atoms with Crippen molar-refractivity contribution >= 4 is 40.5 Å². The van der Waals surface area contributed by atoms with Gasteiger partial charge in [0.05, 0.1) is 24.3 Å². The third-order valence-electron chi connectivity index (χ3n) is 13.9. The maximum Gasteiger partial charge on any atom is 0.324 e. The van der Waals surface area contributed by atoms with Gasteiger partial charge in [-0.1, -0.05) is 64.6 Å². The van der Waals surface area contributed by atoms with Crippen LogP contribution in [0.15, 0.2) is 73.6 Å². The Kier molecular flexibility index (Phi) is 12.6. The first-order valence-electron chi connectivity index (χ1n) is 22.6. The summed E-state index contributed by atoms with van der Waals surface area (Å²) in [5, 5.41) is 5.57. The number of amides is 4. The topological polar surface area (TPSA) is 155 Å². The second-order valence-electron chi connectivity index (χ2n) is 18.8. The van der Waals surface area contributed by atoms with Crippen molar-refractivity contribution < 1.29 is 33.4 Å². The molecule has 1 aliphatic carbocycles. The molecule has 2 aromatic heterocycles. The number of hydrogen-bond acceptors (Lipinski definition) is 9. The maximum absolute atomic E-state index is 14.7. The number of ether oxygens (including phenoxy) is 2. The van der Waals surface area contributed by atoms with Gasteiger partial charge in [0, 0.05) is 87.0 Å². The molecule has 0 saturated carbocycles. The summed E-state index contributed by atoms with van der Waals surface area (Å²) in [5.74, 6) is -2.79. The lowest BCUT2D eigenvalue weighted by Crippen LogP contribution is -2.62. The Morgan fingerprint density at radius 2 is 1.88 bits per heavy atom. The number of methoxy groups -OCH3 is 1.